The fourth-order valence-corrected chi connectivity index (χ4v) is 3.78. The van der Waals surface area contributed by atoms with Crippen molar-refractivity contribution in [3.63, 3.8) is 0 Å². The molecule has 2 atom stereocenters. The van der Waals surface area contributed by atoms with E-state index in [1.165, 1.54) is 0 Å². The summed E-state index contributed by atoms with van der Waals surface area (Å²) < 4.78 is 10.7. The van der Waals surface area contributed by atoms with Gasteiger partial charge in [0.05, 0.1) is 13.7 Å². The Morgan fingerprint density at radius 1 is 1.11 bits per heavy atom. The standard InChI is InChI=1S/C23H24O4/c1-4-27-23(25)22-19(17-10-6-5-9-15(17)2)13-16(14-20(22)24)18-11-7-8-12-21(18)26-3/h5-12,14,19,22H,4,13H2,1-3H3/t19-,22+/m1/s1. The van der Waals surface area contributed by atoms with Gasteiger partial charge in [0.25, 0.3) is 0 Å². The highest BCUT2D eigenvalue weighted by Crippen LogP contribution is 2.43. The SMILES string of the molecule is CCOC(=O)[C@@H]1C(=O)C=C(c2ccccc2OC)C[C@@H]1c1ccccc1C. The molecule has 0 bridgehead atoms. The van der Waals surface area contributed by atoms with E-state index < -0.39 is 11.9 Å². The fourth-order valence-electron chi connectivity index (χ4n) is 3.78. The van der Waals surface area contributed by atoms with E-state index in [1.807, 2.05) is 55.5 Å². The summed E-state index contributed by atoms with van der Waals surface area (Å²) in [6.45, 7) is 4.01. The second-order valence-electron chi connectivity index (χ2n) is 6.67. The van der Waals surface area contributed by atoms with Crippen LogP contribution in [0.15, 0.2) is 54.6 Å². The quantitative estimate of drug-likeness (QED) is 0.586. The van der Waals surface area contributed by atoms with Gasteiger partial charge in [0.1, 0.15) is 11.7 Å². The van der Waals surface area contributed by atoms with Gasteiger partial charge in [-0.1, -0.05) is 42.5 Å². The summed E-state index contributed by atoms with van der Waals surface area (Å²) in [5.41, 5.74) is 3.83. The lowest BCUT2D eigenvalue weighted by atomic mass is 9.72. The van der Waals surface area contributed by atoms with Crippen LogP contribution in [-0.2, 0) is 14.3 Å². The fraction of sp³-hybridized carbons (Fsp3) is 0.304. The van der Waals surface area contributed by atoms with Crippen molar-refractivity contribution in [2.24, 2.45) is 5.92 Å². The Morgan fingerprint density at radius 2 is 1.81 bits per heavy atom. The molecule has 0 aromatic heterocycles. The van der Waals surface area contributed by atoms with Crippen LogP contribution < -0.4 is 4.74 Å². The van der Waals surface area contributed by atoms with Gasteiger partial charge in [0.15, 0.2) is 5.78 Å². The van der Waals surface area contributed by atoms with Crippen LogP contribution >= 0.6 is 0 Å². The molecule has 0 unspecified atom stereocenters. The third-order valence-electron chi connectivity index (χ3n) is 5.05. The van der Waals surface area contributed by atoms with Crippen molar-refractivity contribution in [2.75, 3.05) is 13.7 Å². The summed E-state index contributed by atoms with van der Waals surface area (Å²) in [7, 11) is 1.62. The maximum Gasteiger partial charge on any atom is 0.317 e. The molecule has 1 aliphatic carbocycles. The number of para-hydroxylation sites is 1. The molecule has 0 spiro atoms. The van der Waals surface area contributed by atoms with Crippen molar-refractivity contribution < 1.29 is 19.1 Å². The van der Waals surface area contributed by atoms with E-state index >= 15 is 0 Å². The van der Waals surface area contributed by atoms with Crippen molar-refractivity contribution in [1.29, 1.82) is 0 Å². The first-order valence-electron chi connectivity index (χ1n) is 9.16. The van der Waals surface area contributed by atoms with E-state index in [1.54, 1.807) is 20.1 Å². The normalized spacial score (nSPS) is 19.4. The number of aryl methyl sites for hydroxylation is 1. The minimum atomic E-state index is -0.815. The average Bonchev–Trinajstić information content (AvgIpc) is 2.67. The molecule has 3 rings (SSSR count). The van der Waals surface area contributed by atoms with E-state index in [2.05, 4.69) is 0 Å². The van der Waals surface area contributed by atoms with Crippen LogP contribution in [0.5, 0.6) is 5.75 Å². The van der Waals surface area contributed by atoms with Crippen LogP contribution in [-0.4, -0.2) is 25.5 Å². The van der Waals surface area contributed by atoms with E-state index in [0.29, 0.717) is 6.42 Å². The van der Waals surface area contributed by atoms with E-state index in [4.69, 9.17) is 9.47 Å². The van der Waals surface area contributed by atoms with Gasteiger partial charge in [0, 0.05) is 11.5 Å². The highest BCUT2D eigenvalue weighted by molar-refractivity contribution is 6.11. The van der Waals surface area contributed by atoms with Crippen LogP contribution in [0.25, 0.3) is 5.57 Å². The number of carbonyl (C=O) groups is 2. The van der Waals surface area contributed by atoms with Crippen LogP contribution in [0.1, 0.15) is 36.0 Å². The zero-order chi connectivity index (χ0) is 19.4. The van der Waals surface area contributed by atoms with Crippen molar-refractivity contribution >= 4 is 17.3 Å². The monoisotopic (exact) mass is 364 g/mol. The maximum absolute atomic E-state index is 13.0. The summed E-state index contributed by atoms with van der Waals surface area (Å²) >= 11 is 0. The van der Waals surface area contributed by atoms with Gasteiger partial charge in [-0.05, 0) is 49.1 Å². The zero-order valence-corrected chi connectivity index (χ0v) is 15.9. The lowest BCUT2D eigenvalue weighted by Gasteiger charge is -2.30. The number of allylic oxidation sites excluding steroid dienone is 2. The summed E-state index contributed by atoms with van der Waals surface area (Å²) in [6, 6.07) is 15.5. The first-order valence-corrected chi connectivity index (χ1v) is 9.16. The molecule has 0 saturated heterocycles. The Balaban J connectivity index is 2.08. The molecule has 0 heterocycles. The zero-order valence-electron chi connectivity index (χ0n) is 15.9. The molecule has 0 radical (unpaired) electrons. The molecule has 1 aliphatic rings. The average molecular weight is 364 g/mol. The van der Waals surface area contributed by atoms with Crippen LogP contribution in [0.4, 0.5) is 0 Å². The van der Waals surface area contributed by atoms with E-state index in [-0.39, 0.29) is 18.3 Å². The minimum Gasteiger partial charge on any atom is -0.496 e. The Morgan fingerprint density at radius 3 is 2.52 bits per heavy atom. The number of esters is 1. The summed E-state index contributed by atoms with van der Waals surface area (Å²) in [5.74, 6) is -1.03. The number of ketones is 1. The van der Waals surface area contributed by atoms with Gasteiger partial charge in [-0.3, -0.25) is 9.59 Å². The second-order valence-corrected chi connectivity index (χ2v) is 6.67. The third kappa shape index (κ3) is 3.80. The summed E-state index contributed by atoms with van der Waals surface area (Å²) in [5, 5.41) is 0. The van der Waals surface area contributed by atoms with Crippen LogP contribution in [0.2, 0.25) is 0 Å². The molecule has 2 aromatic rings. The number of methoxy groups -OCH3 is 1. The Kier molecular flexibility index (Phi) is 5.75. The van der Waals surface area contributed by atoms with E-state index in [0.717, 1.165) is 28.0 Å². The molecule has 0 amide bonds. The van der Waals surface area contributed by atoms with Crippen LogP contribution in [0.3, 0.4) is 0 Å². The molecule has 0 N–H and O–H groups in total. The predicted molar refractivity (Wildman–Crippen MR) is 105 cm³/mol. The number of rotatable bonds is 5. The topological polar surface area (TPSA) is 52.6 Å². The molecule has 27 heavy (non-hydrogen) atoms. The first kappa shape index (κ1) is 18.9. The Bertz CT molecular complexity index is 881. The smallest absolute Gasteiger partial charge is 0.317 e. The van der Waals surface area contributed by atoms with Gasteiger partial charge in [-0.25, -0.2) is 0 Å². The van der Waals surface area contributed by atoms with Gasteiger partial charge in [0.2, 0.25) is 0 Å². The first-order chi connectivity index (χ1) is 13.1. The van der Waals surface area contributed by atoms with Gasteiger partial charge < -0.3 is 9.47 Å². The van der Waals surface area contributed by atoms with Crippen molar-refractivity contribution in [1.82, 2.24) is 0 Å². The third-order valence-corrected chi connectivity index (χ3v) is 5.05. The molecule has 0 aliphatic heterocycles. The lowest BCUT2D eigenvalue weighted by Crippen LogP contribution is -2.34. The van der Waals surface area contributed by atoms with Gasteiger partial charge in [-0.15, -0.1) is 0 Å². The second kappa shape index (κ2) is 8.21. The van der Waals surface area contributed by atoms with Crippen molar-refractivity contribution in [3.05, 3.63) is 71.3 Å². The van der Waals surface area contributed by atoms with E-state index in [9.17, 15) is 9.59 Å². The van der Waals surface area contributed by atoms with Gasteiger partial charge >= 0.3 is 5.97 Å². The van der Waals surface area contributed by atoms with Crippen LogP contribution in [0, 0.1) is 12.8 Å². The molecule has 0 saturated carbocycles. The molecule has 4 nitrogen and oxygen atoms in total. The number of hydrogen-bond acceptors (Lipinski definition) is 4. The number of benzene rings is 2. The predicted octanol–water partition coefficient (Wildman–Crippen LogP) is 4.32. The molecule has 4 heteroatoms. The number of hydrogen-bond donors (Lipinski definition) is 0. The number of ether oxygens (including phenoxy) is 2. The minimum absolute atomic E-state index is 0.214. The number of carbonyl (C=O) groups excluding carboxylic acids is 2. The van der Waals surface area contributed by atoms with Gasteiger partial charge in [-0.2, -0.15) is 0 Å². The largest absolute Gasteiger partial charge is 0.496 e. The molecule has 0 fully saturated rings. The Hall–Kier alpha value is -2.88. The molecule has 140 valence electrons. The van der Waals surface area contributed by atoms with Crippen molar-refractivity contribution in [3.8, 4) is 5.75 Å². The highest BCUT2D eigenvalue weighted by Gasteiger charge is 2.40. The molecular weight excluding hydrogens is 340 g/mol. The van der Waals surface area contributed by atoms with Crippen molar-refractivity contribution in [2.45, 2.75) is 26.2 Å². The lowest BCUT2D eigenvalue weighted by molar-refractivity contribution is -0.151. The summed E-state index contributed by atoms with van der Waals surface area (Å²) in [4.78, 5) is 25.5. The Labute approximate surface area is 159 Å². The highest BCUT2D eigenvalue weighted by atomic mass is 16.5. The molecule has 2 aromatic carbocycles. The summed E-state index contributed by atoms with van der Waals surface area (Å²) in [6.07, 6.45) is 2.15. The maximum atomic E-state index is 13.0. The molecular formula is C23H24O4.